The number of hydrazone groups is 1. The molecule has 0 aliphatic rings. The minimum Gasteiger partial charge on any atom is -0.318 e. The van der Waals surface area contributed by atoms with Crippen LogP contribution in [0.25, 0.3) is 5.69 Å². The van der Waals surface area contributed by atoms with E-state index < -0.39 is 22.5 Å². The molecule has 1 heterocycles. The van der Waals surface area contributed by atoms with Gasteiger partial charge in [-0.05, 0) is 92.8 Å². The number of anilines is 1. The normalized spacial score (nSPS) is 11.8. The fraction of sp³-hybridized carbons (Fsp3) is 0.250. The maximum atomic E-state index is 13.6. The molecule has 40 heavy (non-hydrogen) atoms. The van der Waals surface area contributed by atoms with E-state index in [9.17, 15) is 13.2 Å². The number of amides is 1. The first kappa shape index (κ1) is 28.8. The first-order valence-electron chi connectivity index (χ1n) is 13.2. The van der Waals surface area contributed by atoms with Crippen LogP contribution in [0.15, 0.2) is 88.9 Å². The van der Waals surface area contributed by atoms with E-state index in [1.807, 2.05) is 32.0 Å². The third kappa shape index (κ3) is 6.34. The van der Waals surface area contributed by atoms with Gasteiger partial charge in [0.25, 0.3) is 15.9 Å². The van der Waals surface area contributed by atoms with E-state index in [2.05, 4.69) is 61.0 Å². The summed E-state index contributed by atoms with van der Waals surface area (Å²) in [6.45, 7) is 11.9. The molecule has 8 heteroatoms. The Morgan fingerprint density at radius 3 is 2.15 bits per heavy atom. The summed E-state index contributed by atoms with van der Waals surface area (Å²) in [5.41, 5.74) is 10.3. The van der Waals surface area contributed by atoms with Gasteiger partial charge in [-0.3, -0.25) is 9.10 Å². The fourth-order valence-corrected chi connectivity index (χ4v) is 6.24. The number of nitrogens with one attached hydrogen (secondary N) is 1. The Labute approximate surface area is 237 Å². The molecular weight excluding hydrogens is 520 g/mol. The molecule has 3 aromatic carbocycles. The molecule has 0 fully saturated rings. The molecule has 0 saturated carbocycles. The lowest BCUT2D eigenvalue weighted by molar-refractivity contribution is -0.119. The topological polar surface area (TPSA) is 83.8 Å². The van der Waals surface area contributed by atoms with E-state index in [-0.39, 0.29) is 4.90 Å². The number of carbonyl (C=O) groups excluding carboxylic acids is 1. The lowest BCUT2D eigenvalue weighted by Gasteiger charge is -2.24. The molecule has 7 nitrogen and oxygen atoms in total. The van der Waals surface area contributed by atoms with Crippen molar-refractivity contribution in [1.82, 2.24) is 9.99 Å². The molecule has 1 N–H and O–H groups in total. The number of aromatic nitrogens is 1. The summed E-state index contributed by atoms with van der Waals surface area (Å²) in [7, 11) is -3.99. The van der Waals surface area contributed by atoms with Crippen molar-refractivity contribution in [2.75, 3.05) is 10.8 Å². The Hall–Kier alpha value is -4.17. The van der Waals surface area contributed by atoms with Crippen LogP contribution >= 0.6 is 0 Å². The van der Waals surface area contributed by atoms with E-state index >= 15 is 0 Å². The Morgan fingerprint density at radius 2 is 1.55 bits per heavy atom. The van der Waals surface area contributed by atoms with E-state index in [0.717, 1.165) is 32.5 Å². The van der Waals surface area contributed by atoms with Gasteiger partial charge < -0.3 is 4.57 Å². The predicted molar refractivity (Wildman–Crippen MR) is 162 cm³/mol. The van der Waals surface area contributed by atoms with Crippen molar-refractivity contribution in [1.29, 1.82) is 0 Å². The van der Waals surface area contributed by atoms with Crippen molar-refractivity contribution in [3.8, 4) is 5.69 Å². The Kier molecular flexibility index (Phi) is 8.59. The monoisotopic (exact) mass is 556 g/mol. The zero-order chi connectivity index (χ0) is 29.0. The van der Waals surface area contributed by atoms with Crippen molar-refractivity contribution >= 4 is 27.8 Å². The van der Waals surface area contributed by atoms with Gasteiger partial charge in [0.05, 0.1) is 16.8 Å². The average molecular weight is 557 g/mol. The summed E-state index contributed by atoms with van der Waals surface area (Å²) in [4.78, 5) is 13.1. The van der Waals surface area contributed by atoms with Crippen molar-refractivity contribution in [2.45, 2.75) is 52.4 Å². The van der Waals surface area contributed by atoms with E-state index in [1.54, 1.807) is 36.5 Å². The Bertz CT molecular complexity index is 1620. The smallest absolute Gasteiger partial charge is 0.264 e. The number of rotatable bonds is 9. The lowest BCUT2D eigenvalue weighted by atomic mass is 10.0. The van der Waals surface area contributed by atoms with Gasteiger partial charge in [-0.2, -0.15) is 5.10 Å². The molecule has 208 valence electrons. The number of sulfonamides is 1. The van der Waals surface area contributed by atoms with Gasteiger partial charge in [0.2, 0.25) is 0 Å². The molecule has 0 saturated heterocycles. The van der Waals surface area contributed by atoms with Crippen molar-refractivity contribution in [3.05, 3.63) is 113 Å². The fourth-order valence-electron chi connectivity index (χ4n) is 4.80. The summed E-state index contributed by atoms with van der Waals surface area (Å²) in [6, 6.07) is 23.7. The average Bonchev–Trinajstić information content (AvgIpc) is 3.19. The van der Waals surface area contributed by atoms with Crippen LogP contribution in [-0.4, -0.2) is 31.7 Å². The summed E-state index contributed by atoms with van der Waals surface area (Å²) in [5.74, 6) is -0.255. The highest BCUT2D eigenvalue weighted by Gasteiger charge is 2.27. The van der Waals surface area contributed by atoms with Crippen molar-refractivity contribution in [3.63, 3.8) is 0 Å². The molecule has 0 bridgehead atoms. The van der Waals surface area contributed by atoms with Crippen molar-refractivity contribution in [2.24, 2.45) is 5.10 Å². The lowest BCUT2D eigenvalue weighted by Crippen LogP contribution is -2.39. The number of hydrogen-bond donors (Lipinski definition) is 1. The van der Waals surface area contributed by atoms with Crippen LogP contribution in [-0.2, 0) is 14.8 Å². The SMILES string of the molecule is Cc1cc(C)cc(-n2c(C)cc(/C=N\NC(=O)CN(c3ccc(C(C)C)cc3)S(=O)(=O)c3ccccc3)c2C)c1. The predicted octanol–water partition coefficient (Wildman–Crippen LogP) is 6.18. The van der Waals surface area contributed by atoms with Gasteiger partial charge in [-0.25, -0.2) is 13.8 Å². The van der Waals surface area contributed by atoms with Crippen molar-refractivity contribution < 1.29 is 13.2 Å². The quantitative estimate of drug-likeness (QED) is 0.197. The van der Waals surface area contributed by atoms with E-state index in [4.69, 9.17) is 0 Å². The molecule has 0 atom stereocenters. The van der Waals surface area contributed by atoms with E-state index in [1.165, 1.54) is 23.3 Å². The molecule has 4 aromatic rings. The van der Waals surface area contributed by atoms with Crippen LogP contribution < -0.4 is 9.73 Å². The van der Waals surface area contributed by atoms with Crippen LogP contribution in [0.5, 0.6) is 0 Å². The minimum atomic E-state index is -3.99. The standard InChI is InChI=1S/C32H36N4O3S/c1-22(2)27-12-14-29(15-13-27)35(40(38,39)31-10-8-7-9-11-31)21-32(37)34-33-20-28-19-25(5)36(26(28)6)30-17-23(3)16-24(4)18-30/h7-20,22H,21H2,1-6H3,(H,34,37)/b33-20-. The Morgan fingerprint density at radius 1 is 0.925 bits per heavy atom. The largest absolute Gasteiger partial charge is 0.318 e. The van der Waals surface area contributed by atoms with Gasteiger partial charge in [-0.15, -0.1) is 0 Å². The second-order valence-corrected chi connectivity index (χ2v) is 12.2. The van der Waals surface area contributed by atoms with Gasteiger partial charge in [-0.1, -0.05) is 50.2 Å². The highest BCUT2D eigenvalue weighted by atomic mass is 32.2. The minimum absolute atomic E-state index is 0.109. The first-order chi connectivity index (χ1) is 19.0. The molecule has 1 amide bonds. The first-order valence-corrected chi connectivity index (χ1v) is 14.7. The Balaban J connectivity index is 1.56. The van der Waals surface area contributed by atoms with Crippen LogP contribution in [0.1, 0.15) is 53.4 Å². The van der Waals surface area contributed by atoms with Gasteiger partial charge in [0.15, 0.2) is 0 Å². The molecule has 0 radical (unpaired) electrons. The number of aryl methyl sites for hydroxylation is 3. The maximum absolute atomic E-state index is 13.6. The van der Waals surface area contributed by atoms with Gasteiger partial charge in [0.1, 0.15) is 6.54 Å². The third-order valence-electron chi connectivity index (χ3n) is 6.79. The van der Waals surface area contributed by atoms with Crippen LogP contribution in [0.4, 0.5) is 5.69 Å². The molecule has 0 unspecified atom stereocenters. The summed E-state index contributed by atoms with van der Waals surface area (Å²) < 4.78 is 30.4. The summed E-state index contributed by atoms with van der Waals surface area (Å²) >= 11 is 0. The number of benzene rings is 3. The second kappa shape index (κ2) is 11.9. The zero-order valence-corrected chi connectivity index (χ0v) is 24.7. The molecule has 1 aromatic heterocycles. The number of nitrogens with zero attached hydrogens (tertiary/aromatic N) is 3. The highest BCUT2D eigenvalue weighted by Crippen LogP contribution is 2.26. The van der Waals surface area contributed by atoms with Crippen LogP contribution in [0, 0.1) is 27.7 Å². The van der Waals surface area contributed by atoms with E-state index in [0.29, 0.717) is 11.6 Å². The van der Waals surface area contributed by atoms with Gasteiger partial charge in [0, 0.05) is 22.6 Å². The summed E-state index contributed by atoms with van der Waals surface area (Å²) in [5, 5.41) is 4.17. The molecular formula is C32H36N4O3S. The highest BCUT2D eigenvalue weighted by molar-refractivity contribution is 7.92. The van der Waals surface area contributed by atoms with Gasteiger partial charge >= 0.3 is 0 Å². The van der Waals surface area contributed by atoms with Crippen LogP contribution in [0.3, 0.4) is 0 Å². The molecule has 0 aliphatic carbocycles. The zero-order valence-electron chi connectivity index (χ0n) is 23.8. The molecule has 4 rings (SSSR count). The summed E-state index contributed by atoms with van der Waals surface area (Å²) in [6.07, 6.45) is 1.59. The number of hydrogen-bond acceptors (Lipinski definition) is 4. The molecule has 0 spiro atoms. The second-order valence-electron chi connectivity index (χ2n) is 10.4. The maximum Gasteiger partial charge on any atom is 0.264 e. The molecule has 0 aliphatic heterocycles. The van der Waals surface area contributed by atoms with Crippen LogP contribution in [0.2, 0.25) is 0 Å². The third-order valence-corrected chi connectivity index (χ3v) is 8.58. The number of carbonyl (C=O) groups is 1.